The van der Waals surface area contributed by atoms with Crippen LogP contribution in [0.15, 0.2) is 24.5 Å². The van der Waals surface area contributed by atoms with Crippen LogP contribution in [0.5, 0.6) is 0 Å². The lowest BCUT2D eigenvalue weighted by Gasteiger charge is -1.99. The highest BCUT2D eigenvalue weighted by atomic mass is 16.1. The molecule has 84 valence electrons. The number of fused-ring (bicyclic) bond motifs is 1. The molecule has 2 rings (SSSR count). The van der Waals surface area contributed by atoms with Gasteiger partial charge in [0, 0.05) is 24.4 Å². The van der Waals surface area contributed by atoms with E-state index in [2.05, 4.69) is 18.8 Å². The molecule has 0 saturated carbocycles. The molecule has 3 nitrogen and oxygen atoms in total. The van der Waals surface area contributed by atoms with Crippen LogP contribution in [0.1, 0.15) is 37.9 Å². The van der Waals surface area contributed by atoms with Crippen molar-refractivity contribution in [1.29, 1.82) is 0 Å². The van der Waals surface area contributed by atoms with Crippen LogP contribution in [-0.2, 0) is 11.2 Å². The third-order valence-electron chi connectivity index (χ3n) is 2.61. The van der Waals surface area contributed by atoms with Gasteiger partial charge in [-0.05, 0) is 18.9 Å². The molecule has 2 aromatic rings. The minimum absolute atomic E-state index is 0.169. The summed E-state index contributed by atoms with van der Waals surface area (Å²) in [7, 11) is 0. The van der Waals surface area contributed by atoms with Crippen LogP contribution >= 0.6 is 0 Å². The number of nitrogens with zero attached hydrogens (tertiary/aromatic N) is 2. The molecular weight excluding hydrogens is 200 g/mol. The third-order valence-corrected chi connectivity index (χ3v) is 2.61. The van der Waals surface area contributed by atoms with E-state index in [1.54, 1.807) is 6.92 Å². The number of Topliss-reactive ketones (excluding diaryl/α,β-unsaturated/α-hetero) is 1. The molecule has 2 heterocycles. The van der Waals surface area contributed by atoms with Crippen LogP contribution in [-0.4, -0.2) is 15.2 Å². The minimum Gasteiger partial charge on any atom is -0.307 e. The highest BCUT2D eigenvalue weighted by molar-refractivity contribution is 5.80. The van der Waals surface area contributed by atoms with Gasteiger partial charge in [0.05, 0.1) is 5.69 Å². The summed E-state index contributed by atoms with van der Waals surface area (Å²) in [6.07, 6.45) is 4.46. The molecule has 0 aliphatic carbocycles. The normalized spacial score (nSPS) is 11.2. The maximum Gasteiger partial charge on any atom is 0.140 e. The van der Waals surface area contributed by atoms with E-state index in [-0.39, 0.29) is 5.78 Å². The van der Waals surface area contributed by atoms with E-state index < -0.39 is 0 Å². The van der Waals surface area contributed by atoms with Gasteiger partial charge in [0.15, 0.2) is 0 Å². The molecule has 0 spiro atoms. The van der Waals surface area contributed by atoms with E-state index in [4.69, 9.17) is 0 Å². The molecule has 3 heteroatoms. The molecule has 2 aromatic heterocycles. The predicted molar refractivity (Wildman–Crippen MR) is 63.7 cm³/mol. The van der Waals surface area contributed by atoms with E-state index >= 15 is 0 Å². The molecule has 0 aliphatic rings. The van der Waals surface area contributed by atoms with E-state index in [1.807, 2.05) is 28.9 Å². The summed E-state index contributed by atoms with van der Waals surface area (Å²) in [5, 5.41) is 0. The van der Waals surface area contributed by atoms with Crippen molar-refractivity contribution in [1.82, 2.24) is 9.38 Å². The van der Waals surface area contributed by atoms with Crippen LogP contribution in [0.4, 0.5) is 0 Å². The van der Waals surface area contributed by atoms with E-state index in [0.717, 1.165) is 16.9 Å². The molecule has 0 aromatic carbocycles. The van der Waals surface area contributed by atoms with Gasteiger partial charge in [0.2, 0.25) is 0 Å². The van der Waals surface area contributed by atoms with Crippen molar-refractivity contribution in [2.45, 2.75) is 33.1 Å². The number of hydrogen-bond donors (Lipinski definition) is 0. The van der Waals surface area contributed by atoms with Crippen LogP contribution in [0, 0.1) is 0 Å². The Balaban J connectivity index is 2.54. The zero-order chi connectivity index (χ0) is 11.7. The molecule has 0 fully saturated rings. The first-order valence-corrected chi connectivity index (χ1v) is 5.54. The Bertz CT molecular complexity index is 526. The van der Waals surface area contributed by atoms with Crippen molar-refractivity contribution in [2.75, 3.05) is 0 Å². The first kappa shape index (κ1) is 10.9. The molecule has 0 N–H and O–H groups in total. The molecule has 0 radical (unpaired) electrons. The summed E-state index contributed by atoms with van der Waals surface area (Å²) >= 11 is 0. The molecular formula is C13H16N2O. The number of carbonyl (C=O) groups is 1. The lowest BCUT2D eigenvalue weighted by Crippen LogP contribution is -1.99. The molecule has 0 bridgehead atoms. The van der Waals surface area contributed by atoms with Crippen molar-refractivity contribution in [3.63, 3.8) is 0 Å². The zero-order valence-electron chi connectivity index (χ0n) is 9.90. The van der Waals surface area contributed by atoms with Crippen LogP contribution in [0.2, 0.25) is 0 Å². The average Bonchev–Trinajstić information content (AvgIpc) is 2.61. The van der Waals surface area contributed by atoms with Gasteiger partial charge in [-0.3, -0.25) is 4.79 Å². The van der Waals surface area contributed by atoms with Crippen LogP contribution in [0.3, 0.4) is 0 Å². The number of pyridine rings is 1. The van der Waals surface area contributed by atoms with Crippen molar-refractivity contribution < 1.29 is 4.79 Å². The quantitative estimate of drug-likeness (QED) is 0.790. The van der Waals surface area contributed by atoms with Crippen molar-refractivity contribution in [3.8, 4) is 0 Å². The van der Waals surface area contributed by atoms with Gasteiger partial charge >= 0.3 is 0 Å². The fourth-order valence-corrected chi connectivity index (χ4v) is 1.77. The summed E-state index contributed by atoms with van der Waals surface area (Å²) < 4.78 is 1.99. The van der Waals surface area contributed by atoms with Crippen molar-refractivity contribution >= 4 is 11.4 Å². The second-order valence-electron chi connectivity index (χ2n) is 4.46. The fourth-order valence-electron chi connectivity index (χ4n) is 1.77. The standard InChI is InChI=1S/C13H16N2O/c1-9(2)12-8-15-6-4-5-11(7-10(3)16)13(15)14-12/h4-6,8-9H,7H2,1-3H3. The first-order valence-electron chi connectivity index (χ1n) is 5.54. The molecule has 0 unspecified atom stereocenters. The number of ketones is 1. The number of carbonyl (C=O) groups excluding carboxylic acids is 1. The maximum absolute atomic E-state index is 11.2. The zero-order valence-corrected chi connectivity index (χ0v) is 9.90. The monoisotopic (exact) mass is 216 g/mol. The lowest BCUT2D eigenvalue weighted by molar-refractivity contribution is -0.116. The summed E-state index contributed by atoms with van der Waals surface area (Å²) in [6, 6.07) is 3.92. The Morgan fingerprint density at radius 2 is 2.25 bits per heavy atom. The topological polar surface area (TPSA) is 34.4 Å². The Morgan fingerprint density at radius 3 is 2.88 bits per heavy atom. The Morgan fingerprint density at radius 1 is 1.50 bits per heavy atom. The highest BCUT2D eigenvalue weighted by Gasteiger charge is 2.09. The SMILES string of the molecule is CC(=O)Cc1cccn2cc(C(C)C)nc12. The Labute approximate surface area is 95.1 Å². The fraction of sp³-hybridized carbons (Fsp3) is 0.385. The first-order chi connectivity index (χ1) is 7.58. The molecule has 0 amide bonds. The molecule has 0 aliphatic heterocycles. The van der Waals surface area contributed by atoms with Gasteiger partial charge in [-0.25, -0.2) is 4.98 Å². The third kappa shape index (κ3) is 1.98. The summed E-state index contributed by atoms with van der Waals surface area (Å²) in [6.45, 7) is 5.84. The number of imidazole rings is 1. The number of hydrogen-bond acceptors (Lipinski definition) is 2. The van der Waals surface area contributed by atoms with Gasteiger partial charge in [-0.15, -0.1) is 0 Å². The van der Waals surface area contributed by atoms with E-state index in [1.165, 1.54) is 0 Å². The van der Waals surface area contributed by atoms with Crippen LogP contribution < -0.4 is 0 Å². The van der Waals surface area contributed by atoms with Gasteiger partial charge in [0.25, 0.3) is 0 Å². The predicted octanol–water partition coefficient (Wildman–Crippen LogP) is 2.59. The van der Waals surface area contributed by atoms with Gasteiger partial charge in [-0.2, -0.15) is 0 Å². The van der Waals surface area contributed by atoms with Gasteiger partial charge in [-0.1, -0.05) is 19.9 Å². The van der Waals surface area contributed by atoms with Crippen molar-refractivity contribution in [2.24, 2.45) is 0 Å². The molecule has 0 atom stereocenters. The second kappa shape index (κ2) is 4.08. The average molecular weight is 216 g/mol. The number of aromatic nitrogens is 2. The van der Waals surface area contributed by atoms with Crippen LogP contribution in [0.25, 0.3) is 5.65 Å². The highest BCUT2D eigenvalue weighted by Crippen LogP contribution is 2.17. The minimum atomic E-state index is 0.169. The molecule has 0 saturated heterocycles. The molecule has 16 heavy (non-hydrogen) atoms. The lowest BCUT2D eigenvalue weighted by atomic mass is 10.1. The van der Waals surface area contributed by atoms with Gasteiger partial charge < -0.3 is 4.40 Å². The summed E-state index contributed by atoms with van der Waals surface area (Å²) in [5.74, 6) is 0.576. The van der Waals surface area contributed by atoms with Crippen molar-refractivity contribution in [3.05, 3.63) is 35.8 Å². The van der Waals surface area contributed by atoms with Gasteiger partial charge in [0.1, 0.15) is 11.4 Å². The number of rotatable bonds is 3. The Hall–Kier alpha value is -1.64. The largest absolute Gasteiger partial charge is 0.307 e. The maximum atomic E-state index is 11.2. The Kier molecular flexibility index (Phi) is 2.77. The smallest absolute Gasteiger partial charge is 0.140 e. The summed E-state index contributed by atoms with van der Waals surface area (Å²) in [4.78, 5) is 15.7. The second-order valence-corrected chi connectivity index (χ2v) is 4.46. The van der Waals surface area contributed by atoms with E-state index in [0.29, 0.717) is 12.3 Å². The van der Waals surface area contributed by atoms with E-state index in [9.17, 15) is 4.79 Å². The summed E-state index contributed by atoms with van der Waals surface area (Å²) in [5.41, 5.74) is 2.97.